The molecule has 1 aliphatic carbocycles. The van der Waals surface area contributed by atoms with E-state index in [1.165, 1.54) is 0 Å². The molecule has 1 fully saturated rings. The Bertz CT molecular complexity index is 441. The molecule has 1 rings (SSSR count). The van der Waals surface area contributed by atoms with E-state index < -0.39 is 35.7 Å². The highest BCUT2D eigenvalue weighted by atomic mass is 16.4. The number of aliphatic carboxylic acids is 4. The topological polar surface area (TPSA) is 149 Å². The zero-order valence-electron chi connectivity index (χ0n) is 14.8. The molecule has 4 N–H and O–H groups in total. The van der Waals surface area contributed by atoms with Gasteiger partial charge in [0.15, 0.2) is 11.8 Å². The summed E-state index contributed by atoms with van der Waals surface area (Å²) in [4.78, 5) is 45.1. The molecule has 8 nitrogen and oxygen atoms in total. The third-order valence-electron chi connectivity index (χ3n) is 5.34. The van der Waals surface area contributed by atoms with E-state index in [1.807, 2.05) is 0 Å². The molecule has 0 amide bonds. The molecule has 0 aromatic rings. The van der Waals surface area contributed by atoms with Crippen LogP contribution >= 0.6 is 0 Å². The van der Waals surface area contributed by atoms with Crippen molar-refractivity contribution in [3.63, 3.8) is 0 Å². The Morgan fingerprint density at radius 2 is 0.846 bits per heavy atom. The van der Waals surface area contributed by atoms with Gasteiger partial charge in [-0.15, -0.1) is 0 Å². The standard InChI is InChI=1S/C18H28O8/c19-15(20)13(16(21)22)9-11-7-5-3-1-2-4-6-8-12(11)10-14(17(23)24)18(25)26/h11-14H,1-10H2,(H,19,20)(H,21,22)(H,23,24)(H,25,26). The second kappa shape index (κ2) is 10.8. The minimum atomic E-state index is -1.56. The largest absolute Gasteiger partial charge is 0.481 e. The van der Waals surface area contributed by atoms with E-state index in [-0.39, 0.29) is 24.7 Å². The molecule has 1 aliphatic rings. The molecule has 0 bridgehead atoms. The fraction of sp³-hybridized carbons (Fsp3) is 0.778. The van der Waals surface area contributed by atoms with E-state index in [1.54, 1.807) is 0 Å². The fourth-order valence-corrected chi connectivity index (χ4v) is 3.83. The Balaban J connectivity index is 3.02. The van der Waals surface area contributed by atoms with Gasteiger partial charge in [0, 0.05) is 0 Å². The van der Waals surface area contributed by atoms with Crippen molar-refractivity contribution >= 4 is 23.9 Å². The lowest BCUT2D eigenvalue weighted by molar-refractivity contribution is -0.159. The van der Waals surface area contributed by atoms with Gasteiger partial charge in [0.2, 0.25) is 0 Å². The summed E-state index contributed by atoms with van der Waals surface area (Å²) in [5.41, 5.74) is 0. The molecule has 8 heteroatoms. The first-order valence-electron chi connectivity index (χ1n) is 9.15. The molecule has 0 aromatic carbocycles. The molecule has 0 aliphatic heterocycles. The van der Waals surface area contributed by atoms with Crippen LogP contribution in [0.25, 0.3) is 0 Å². The number of hydrogen-bond donors (Lipinski definition) is 4. The van der Waals surface area contributed by atoms with Crippen LogP contribution in [0.2, 0.25) is 0 Å². The maximum absolute atomic E-state index is 11.3. The van der Waals surface area contributed by atoms with Gasteiger partial charge >= 0.3 is 23.9 Å². The number of carbonyl (C=O) groups is 4. The first-order valence-corrected chi connectivity index (χ1v) is 9.15. The highest BCUT2D eigenvalue weighted by Gasteiger charge is 2.36. The van der Waals surface area contributed by atoms with E-state index in [4.69, 9.17) is 0 Å². The lowest BCUT2D eigenvalue weighted by atomic mass is 9.74. The summed E-state index contributed by atoms with van der Waals surface area (Å²) >= 11 is 0. The highest BCUT2D eigenvalue weighted by Crippen LogP contribution is 2.36. The van der Waals surface area contributed by atoms with Crippen molar-refractivity contribution in [1.82, 2.24) is 0 Å². The molecule has 0 spiro atoms. The van der Waals surface area contributed by atoms with Gasteiger partial charge in [-0.2, -0.15) is 0 Å². The van der Waals surface area contributed by atoms with Crippen LogP contribution in [0.4, 0.5) is 0 Å². The maximum Gasteiger partial charge on any atom is 0.317 e. The minimum Gasteiger partial charge on any atom is -0.481 e. The summed E-state index contributed by atoms with van der Waals surface area (Å²) < 4.78 is 0. The van der Waals surface area contributed by atoms with E-state index in [2.05, 4.69) is 0 Å². The van der Waals surface area contributed by atoms with Gasteiger partial charge < -0.3 is 20.4 Å². The molecule has 1 saturated carbocycles. The molecule has 0 aromatic heterocycles. The van der Waals surface area contributed by atoms with Crippen LogP contribution in [0.1, 0.15) is 64.2 Å². The number of hydrogen-bond acceptors (Lipinski definition) is 4. The monoisotopic (exact) mass is 372 g/mol. The summed E-state index contributed by atoms with van der Waals surface area (Å²) in [6, 6.07) is 0. The molecule has 0 saturated heterocycles. The van der Waals surface area contributed by atoms with E-state index in [9.17, 15) is 39.6 Å². The second-order valence-electron chi connectivity index (χ2n) is 7.15. The van der Waals surface area contributed by atoms with Gasteiger partial charge in [0.25, 0.3) is 0 Å². The molecule has 2 unspecified atom stereocenters. The van der Waals surface area contributed by atoms with Crippen molar-refractivity contribution in [1.29, 1.82) is 0 Å². The number of carboxylic acids is 4. The van der Waals surface area contributed by atoms with Crippen molar-refractivity contribution < 1.29 is 39.6 Å². The van der Waals surface area contributed by atoms with Crippen LogP contribution in [0.3, 0.4) is 0 Å². The number of rotatable bonds is 8. The summed E-state index contributed by atoms with van der Waals surface area (Å²) in [6.45, 7) is 0. The Labute approximate surface area is 152 Å². The SMILES string of the molecule is O=C(O)C(CC1CCCCCCCCC1CC(C(=O)O)C(=O)O)C(=O)O. The third kappa shape index (κ3) is 7.01. The maximum atomic E-state index is 11.3. The Morgan fingerprint density at radius 1 is 0.577 bits per heavy atom. The van der Waals surface area contributed by atoms with Crippen molar-refractivity contribution in [2.45, 2.75) is 64.2 Å². The van der Waals surface area contributed by atoms with Gasteiger partial charge in [-0.3, -0.25) is 19.2 Å². The summed E-state index contributed by atoms with van der Waals surface area (Å²) in [5, 5.41) is 36.7. The fourth-order valence-electron chi connectivity index (χ4n) is 3.83. The van der Waals surface area contributed by atoms with Crippen LogP contribution < -0.4 is 0 Å². The average molecular weight is 372 g/mol. The zero-order chi connectivity index (χ0) is 19.7. The first kappa shape index (κ1) is 21.9. The molecule has 26 heavy (non-hydrogen) atoms. The third-order valence-corrected chi connectivity index (χ3v) is 5.34. The number of carboxylic acid groups (broad SMARTS) is 4. The average Bonchev–Trinajstić information content (AvgIpc) is 2.54. The van der Waals surface area contributed by atoms with Gasteiger partial charge in [-0.05, 0) is 24.7 Å². The molecular weight excluding hydrogens is 344 g/mol. The van der Waals surface area contributed by atoms with Crippen LogP contribution in [-0.2, 0) is 19.2 Å². The summed E-state index contributed by atoms with van der Waals surface area (Å²) in [7, 11) is 0. The minimum absolute atomic E-state index is 0.0959. The molecule has 2 atom stereocenters. The predicted molar refractivity (Wildman–Crippen MR) is 90.7 cm³/mol. The van der Waals surface area contributed by atoms with Crippen molar-refractivity contribution in [3.05, 3.63) is 0 Å². The molecule has 0 radical (unpaired) electrons. The first-order chi connectivity index (χ1) is 12.2. The Morgan fingerprint density at radius 3 is 1.12 bits per heavy atom. The van der Waals surface area contributed by atoms with Gasteiger partial charge in [-0.1, -0.05) is 51.4 Å². The lowest BCUT2D eigenvalue weighted by Crippen LogP contribution is -2.32. The smallest absolute Gasteiger partial charge is 0.317 e. The lowest BCUT2D eigenvalue weighted by Gasteiger charge is -2.30. The van der Waals surface area contributed by atoms with E-state index >= 15 is 0 Å². The molecule has 148 valence electrons. The van der Waals surface area contributed by atoms with Crippen molar-refractivity contribution in [2.24, 2.45) is 23.7 Å². The second-order valence-corrected chi connectivity index (χ2v) is 7.15. The Hall–Kier alpha value is -2.12. The van der Waals surface area contributed by atoms with Crippen LogP contribution in [0.15, 0.2) is 0 Å². The zero-order valence-corrected chi connectivity index (χ0v) is 14.8. The van der Waals surface area contributed by atoms with Gasteiger partial charge in [0.05, 0.1) is 0 Å². The van der Waals surface area contributed by atoms with Crippen LogP contribution in [-0.4, -0.2) is 44.3 Å². The van der Waals surface area contributed by atoms with Crippen LogP contribution in [0.5, 0.6) is 0 Å². The van der Waals surface area contributed by atoms with E-state index in [0.29, 0.717) is 12.8 Å². The van der Waals surface area contributed by atoms with Crippen molar-refractivity contribution in [2.75, 3.05) is 0 Å². The summed E-state index contributed by atoms with van der Waals surface area (Å²) in [6.07, 6.45) is 6.63. The molecular formula is C18H28O8. The van der Waals surface area contributed by atoms with Crippen molar-refractivity contribution in [3.8, 4) is 0 Å². The molecule has 0 heterocycles. The van der Waals surface area contributed by atoms with Gasteiger partial charge in [-0.25, -0.2) is 0 Å². The highest BCUT2D eigenvalue weighted by molar-refractivity contribution is 5.93. The Kier molecular flexibility index (Phi) is 9.09. The van der Waals surface area contributed by atoms with Crippen LogP contribution in [0, 0.1) is 23.7 Å². The van der Waals surface area contributed by atoms with E-state index in [0.717, 1.165) is 38.5 Å². The normalized spacial score (nSPS) is 22.1. The summed E-state index contributed by atoms with van der Waals surface area (Å²) in [5.74, 6) is -9.40. The predicted octanol–water partition coefficient (Wildman–Crippen LogP) is 2.70. The quantitative estimate of drug-likeness (QED) is 0.475. The van der Waals surface area contributed by atoms with Gasteiger partial charge in [0.1, 0.15) is 0 Å².